The van der Waals surface area contributed by atoms with Crippen LogP contribution in [0.25, 0.3) is 11.0 Å². The number of fused-ring (bicyclic) bond motifs is 1. The van der Waals surface area contributed by atoms with Crippen molar-refractivity contribution in [3.8, 4) is 0 Å². The molecule has 1 aliphatic carbocycles. The fraction of sp³-hybridized carbons (Fsp3) is 0.529. The molecule has 0 amide bonds. The first-order valence-corrected chi connectivity index (χ1v) is 7.69. The van der Waals surface area contributed by atoms with Crippen molar-refractivity contribution in [1.29, 1.82) is 0 Å². The molecule has 0 bridgehead atoms. The molecule has 2 aromatic rings. The van der Waals surface area contributed by atoms with Crippen LogP contribution in [-0.4, -0.2) is 6.10 Å². The van der Waals surface area contributed by atoms with Crippen molar-refractivity contribution in [3.63, 3.8) is 0 Å². The Labute approximate surface area is 120 Å². The lowest BCUT2D eigenvalue weighted by Crippen LogP contribution is -2.12. The summed E-state index contributed by atoms with van der Waals surface area (Å²) in [4.78, 5) is 0. The van der Waals surface area contributed by atoms with Crippen LogP contribution < -0.4 is 5.73 Å². The van der Waals surface area contributed by atoms with E-state index in [1.807, 2.05) is 18.2 Å². The molecule has 0 aliphatic heterocycles. The van der Waals surface area contributed by atoms with Gasteiger partial charge in [0, 0.05) is 17.5 Å². The molecule has 1 aromatic carbocycles. The number of hydrogen-bond donors (Lipinski definition) is 1. The molecular formula is C17H23NO2. The molecular weight excluding hydrogens is 250 g/mol. The zero-order valence-corrected chi connectivity index (χ0v) is 11.9. The molecule has 1 aliphatic rings. The molecule has 0 radical (unpaired) electrons. The molecule has 1 heterocycles. The molecule has 20 heavy (non-hydrogen) atoms. The third-order valence-electron chi connectivity index (χ3n) is 4.24. The van der Waals surface area contributed by atoms with E-state index in [2.05, 4.69) is 6.07 Å². The Morgan fingerprint density at radius 2 is 1.85 bits per heavy atom. The molecule has 3 heteroatoms. The van der Waals surface area contributed by atoms with E-state index in [0.717, 1.165) is 22.3 Å². The lowest BCUT2D eigenvalue weighted by Gasteiger charge is -2.14. The smallest absolute Gasteiger partial charge is 0.135 e. The van der Waals surface area contributed by atoms with Crippen molar-refractivity contribution in [2.75, 3.05) is 0 Å². The van der Waals surface area contributed by atoms with Crippen molar-refractivity contribution >= 4 is 11.0 Å². The zero-order chi connectivity index (χ0) is 13.8. The van der Waals surface area contributed by atoms with Gasteiger partial charge in [-0.2, -0.15) is 0 Å². The molecule has 0 spiro atoms. The van der Waals surface area contributed by atoms with Crippen molar-refractivity contribution in [1.82, 2.24) is 0 Å². The van der Waals surface area contributed by atoms with Gasteiger partial charge in [-0.05, 0) is 18.9 Å². The van der Waals surface area contributed by atoms with Crippen LogP contribution in [-0.2, 0) is 17.9 Å². The number of benzene rings is 1. The SMILES string of the molecule is NCc1c(COC2CCCCCC2)oc2ccccc12. The van der Waals surface area contributed by atoms with Gasteiger partial charge in [-0.3, -0.25) is 0 Å². The molecule has 3 nitrogen and oxygen atoms in total. The lowest BCUT2D eigenvalue weighted by atomic mass is 10.1. The first-order valence-electron chi connectivity index (χ1n) is 7.69. The molecule has 1 saturated carbocycles. The Bertz CT molecular complexity index is 553. The monoisotopic (exact) mass is 273 g/mol. The van der Waals surface area contributed by atoms with Gasteiger partial charge < -0.3 is 14.9 Å². The topological polar surface area (TPSA) is 48.4 Å². The summed E-state index contributed by atoms with van der Waals surface area (Å²) in [6, 6.07) is 8.06. The Hall–Kier alpha value is -1.32. The van der Waals surface area contributed by atoms with Crippen LogP contribution in [0.3, 0.4) is 0 Å². The minimum absolute atomic E-state index is 0.385. The maximum Gasteiger partial charge on any atom is 0.135 e. The maximum absolute atomic E-state index is 6.07. The van der Waals surface area contributed by atoms with Crippen LogP contribution in [0, 0.1) is 0 Å². The molecule has 108 valence electrons. The largest absolute Gasteiger partial charge is 0.458 e. The van der Waals surface area contributed by atoms with E-state index in [0.29, 0.717) is 19.3 Å². The lowest BCUT2D eigenvalue weighted by molar-refractivity contribution is 0.0221. The molecule has 0 unspecified atom stereocenters. The van der Waals surface area contributed by atoms with Gasteiger partial charge in [-0.15, -0.1) is 0 Å². The third-order valence-corrected chi connectivity index (χ3v) is 4.24. The van der Waals surface area contributed by atoms with Crippen molar-refractivity contribution in [2.24, 2.45) is 5.73 Å². The van der Waals surface area contributed by atoms with Gasteiger partial charge in [-0.1, -0.05) is 43.9 Å². The van der Waals surface area contributed by atoms with E-state index in [-0.39, 0.29) is 0 Å². The summed E-state index contributed by atoms with van der Waals surface area (Å²) < 4.78 is 12.0. The van der Waals surface area contributed by atoms with Crippen LogP contribution >= 0.6 is 0 Å². The minimum Gasteiger partial charge on any atom is -0.458 e. The predicted octanol–water partition coefficient (Wildman–Crippen LogP) is 4.13. The molecule has 0 atom stereocenters. The van der Waals surface area contributed by atoms with E-state index in [1.165, 1.54) is 38.5 Å². The number of hydrogen-bond acceptors (Lipinski definition) is 3. The van der Waals surface area contributed by atoms with Crippen molar-refractivity contribution in [2.45, 2.75) is 57.8 Å². The predicted molar refractivity (Wildman–Crippen MR) is 80.4 cm³/mol. The fourth-order valence-corrected chi connectivity index (χ4v) is 3.09. The molecule has 3 rings (SSSR count). The quantitative estimate of drug-likeness (QED) is 0.852. The number of rotatable bonds is 4. The average molecular weight is 273 g/mol. The Morgan fingerprint density at radius 3 is 2.60 bits per heavy atom. The second-order valence-corrected chi connectivity index (χ2v) is 5.63. The molecule has 2 N–H and O–H groups in total. The van der Waals surface area contributed by atoms with E-state index in [4.69, 9.17) is 14.9 Å². The zero-order valence-electron chi connectivity index (χ0n) is 11.9. The highest BCUT2D eigenvalue weighted by Gasteiger charge is 2.16. The van der Waals surface area contributed by atoms with E-state index in [1.54, 1.807) is 0 Å². The minimum atomic E-state index is 0.385. The Balaban J connectivity index is 1.73. The number of nitrogens with two attached hydrogens (primary N) is 1. The van der Waals surface area contributed by atoms with Crippen LogP contribution in [0.15, 0.2) is 28.7 Å². The van der Waals surface area contributed by atoms with Crippen LogP contribution in [0.5, 0.6) is 0 Å². The third kappa shape index (κ3) is 2.89. The van der Waals surface area contributed by atoms with Crippen LogP contribution in [0.2, 0.25) is 0 Å². The van der Waals surface area contributed by atoms with Crippen molar-refractivity contribution in [3.05, 3.63) is 35.6 Å². The maximum atomic E-state index is 6.07. The molecule has 1 fully saturated rings. The second-order valence-electron chi connectivity index (χ2n) is 5.63. The van der Waals surface area contributed by atoms with Crippen molar-refractivity contribution < 1.29 is 9.15 Å². The van der Waals surface area contributed by atoms with Crippen LogP contribution in [0.1, 0.15) is 49.8 Å². The normalized spacial score (nSPS) is 17.4. The van der Waals surface area contributed by atoms with Gasteiger partial charge in [-0.25, -0.2) is 0 Å². The van der Waals surface area contributed by atoms with Gasteiger partial charge in [0.05, 0.1) is 6.10 Å². The summed E-state index contributed by atoms with van der Waals surface area (Å²) in [5, 5.41) is 1.12. The average Bonchev–Trinajstić information content (AvgIpc) is 2.64. The van der Waals surface area contributed by atoms with Crippen LogP contribution in [0.4, 0.5) is 0 Å². The highest BCUT2D eigenvalue weighted by molar-refractivity contribution is 5.82. The van der Waals surface area contributed by atoms with Gasteiger partial charge in [0.2, 0.25) is 0 Å². The van der Waals surface area contributed by atoms with Gasteiger partial charge >= 0.3 is 0 Å². The Morgan fingerprint density at radius 1 is 1.10 bits per heavy atom. The Kier molecular flexibility index (Phi) is 4.38. The molecule has 0 saturated heterocycles. The number of para-hydroxylation sites is 1. The van der Waals surface area contributed by atoms with E-state index >= 15 is 0 Å². The van der Waals surface area contributed by atoms with E-state index in [9.17, 15) is 0 Å². The summed E-state index contributed by atoms with van der Waals surface area (Å²) in [7, 11) is 0. The summed E-state index contributed by atoms with van der Waals surface area (Å²) in [5.74, 6) is 0.901. The van der Waals surface area contributed by atoms with Gasteiger partial charge in [0.1, 0.15) is 18.0 Å². The standard InChI is InChI=1S/C17H23NO2/c18-11-15-14-9-5-6-10-16(14)20-17(15)12-19-13-7-3-1-2-4-8-13/h5-6,9-10,13H,1-4,7-8,11-12,18H2. The summed E-state index contributed by atoms with van der Waals surface area (Å²) >= 11 is 0. The summed E-state index contributed by atoms with van der Waals surface area (Å²) in [6.07, 6.45) is 8.01. The first-order chi connectivity index (χ1) is 9.88. The molecule has 1 aromatic heterocycles. The number of furan rings is 1. The first kappa shape index (κ1) is 13.7. The summed E-state index contributed by atoms with van der Waals surface area (Å²) in [6.45, 7) is 1.05. The van der Waals surface area contributed by atoms with E-state index < -0.39 is 0 Å². The van der Waals surface area contributed by atoms with Gasteiger partial charge in [0.15, 0.2) is 0 Å². The summed E-state index contributed by atoms with van der Waals surface area (Å²) in [5.41, 5.74) is 7.88. The van der Waals surface area contributed by atoms with Gasteiger partial charge in [0.25, 0.3) is 0 Å². The number of ether oxygens (including phenoxy) is 1. The highest BCUT2D eigenvalue weighted by Crippen LogP contribution is 2.27. The second kappa shape index (κ2) is 6.42. The fourth-order valence-electron chi connectivity index (χ4n) is 3.09. The highest BCUT2D eigenvalue weighted by atomic mass is 16.5.